The average Bonchev–Trinajstić information content (AvgIpc) is 3.13. The van der Waals surface area contributed by atoms with Gasteiger partial charge in [0.15, 0.2) is 0 Å². The van der Waals surface area contributed by atoms with Gasteiger partial charge in [-0.05, 0) is 43.9 Å². The summed E-state index contributed by atoms with van der Waals surface area (Å²) in [5, 5.41) is 0. The van der Waals surface area contributed by atoms with Crippen molar-refractivity contribution in [2.75, 3.05) is 26.2 Å². The van der Waals surface area contributed by atoms with Crippen LogP contribution in [0.1, 0.15) is 42.9 Å². The molecule has 3 heterocycles. The van der Waals surface area contributed by atoms with E-state index in [0.717, 1.165) is 36.3 Å². The van der Waals surface area contributed by atoms with E-state index in [1.165, 1.54) is 0 Å². The van der Waals surface area contributed by atoms with Crippen molar-refractivity contribution >= 4 is 11.8 Å². The van der Waals surface area contributed by atoms with Crippen LogP contribution in [0, 0.1) is 6.92 Å². The molecule has 2 aliphatic heterocycles. The van der Waals surface area contributed by atoms with Crippen molar-refractivity contribution in [1.29, 1.82) is 0 Å². The van der Waals surface area contributed by atoms with E-state index in [-0.39, 0.29) is 24.3 Å². The molecular weight excluding hydrogens is 368 g/mol. The zero-order valence-corrected chi connectivity index (χ0v) is 16.7. The Kier molecular flexibility index (Phi) is 5.74. The fourth-order valence-electron chi connectivity index (χ4n) is 4.02. The van der Waals surface area contributed by atoms with Crippen LogP contribution >= 0.6 is 0 Å². The molecule has 2 aromatic rings. The van der Waals surface area contributed by atoms with E-state index >= 15 is 0 Å². The first-order valence-electron chi connectivity index (χ1n) is 10.2. The number of benzene rings is 1. The third-order valence-corrected chi connectivity index (χ3v) is 5.63. The van der Waals surface area contributed by atoms with E-state index in [4.69, 9.17) is 4.74 Å². The van der Waals surface area contributed by atoms with Crippen LogP contribution in [0.5, 0.6) is 11.6 Å². The summed E-state index contributed by atoms with van der Waals surface area (Å²) < 4.78 is 6.02. The highest BCUT2D eigenvalue weighted by molar-refractivity contribution is 5.85. The van der Waals surface area contributed by atoms with E-state index < -0.39 is 0 Å². The van der Waals surface area contributed by atoms with Crippen LogP contribution in [0.3, 0.4) is 0 Å². The molecule has 1 aromatic heterocycles. The van der Waals surface area contributed by atoms with Gasteiger partial charge >= 0.3 is 0 Å². The number of carbonyl (C=O) groups excluding carboxylic acids is 2. The van der Waals surface area contributed by atoms with E-state index in [1.807, 2.05) is 36.1 Å². The molecule has 0 radical (unpaired) electrons. The molecular formula is C22H26N4O3. The van der Waals surface area contributed by atoms with Gasteiger partial charge in [0.2, 0.25) is 17.7 Å². The largest absolute Gasteiger partial charge is 0.437 e. The minimum atomic E-state index is 0.0362. The minimum absolute atomic E-state index is 0.0362. The Morgan fingerprint density at radius 3 is 2.69 bits per heavy atom. The number of carbonyl (C=O) groups is 2. The summed E-state index contributed by atoms with van der Waals surface area (Å²) in [6.45, 7) is 4.24. The quantitative estimate of drug-likeness (QED) is 0.779. The molecule has 1 aromatic carbocycles. The first-order valence-corrected chi connectivity index (χ1v) is 10.2. The van der Waals surface area contributed by atoms with Crippen molar-refractivity contribution in [2.24, 2.45) is 0 Å². The number of hydrogen-bond acceptors (Lipinski definition) is 5. The number of nitrogens with zero attached hydrogens (tertiary/aromatic N) is 4. The molecule has 7 nitrogen and oxygen atoms in total. The topological polar surface area (TPSA) is 75.6 Å². The van der Waals surface area contributed by atoms with Crippen LogP contribution in [0.25, 0.3) is 0 Å². The van der Waals surface area contributed by atoms with E-state index in [1.54, 1.807) is 17.3 Å². The number of rotatable bonds is 5. The number of aryl methyl sites for hydroxylation is 1. The van der Waals surface area contributed by atoms with Gasteiger partial charge in [-0.3, -0.25) is 14.6 Å². The van der Waals surface area contributed by atoms with Gasteiger partial charge < -0.3 is 14.5 Å². The Hall–Kier alpha value is -2.96. The van der Waals surface area contributed by atoms with Gasteiger partial charge in [-0.25, -0.2) is 4.98 Å². The van der Waals surface area contributed by atoms with Crippen LogP contribution in [0.2, 0.25) is 0 Å². The van der Waals surface area contributed by atoms with Gasteiger partial charge in [0.1, 0.15) is 11.4 Å². The molecule has 0 atom stereocenters. The molecule has 2 saturated heterocycles. The molecule has 0 aliphatic carbocycles. The number of piperidine rings is 1. The second-order valence-corrected chi connectivity index (χ2v) is 7.74. The molecule has 2 aliphatic rings. The van der Waals surface area contributed by atoms with Crippen molar-refractivity contribution in [3.8, 4) is 11.6 Å². The maximum absolute atomic E-state index is 12.6. The summed E-state index contributed by atoms with van der Waals surface area (Å²) >= 11 is 0. The molecule has 0 N–H and O–H groups in total. The van der Waals surface area contributed by atoms with E-state index in [9.17, 15) is 9.59 Å². The predicted molar refractivity (Wildman–Crippen MR) is 108 cm³/mol. The zero-order chi connectivity index (χ0) is 20.2. The number of aromatic nitrogens is 2. The van der Waals surface area contributed by atoms with Crippen LogP contribution in [-0.4, -0.2) is 57.8 Å². The summed E-state index contributed by atoms with van der Waals surface area (Å²) in [6.07, 6.45) is 6.36. The van der Waals surface area contributed by atoms with Gasteiger partial charge in [-0.1, -0.05) is 12.1 Å². The maximum atomic E-state index is 12.6. The van der Waals surface area contributed by atoms with Crippen molar-refractivity contribution in [2.45, 2.75) is 38.5 Å². The Morgan fingerprint density at radius 1 is 1.17 bits per heavy atom. The van der Waals surface area contributed by atoms with E-state index in [0.29, 0.717) is 31.9 Å². The number of amides is 2. The summed E-state index contributed by atoms with van der Waals surface area (Å²) in [4.78, 5) is 36.8. The molecule has 2 amide bonds. The van der Waals surface area contributed by atoms with Gasteiger partial charge in [-0.15, -0.1) is 0 Å². The smallest absolute Gasteiger partial charge is 0.242 e. The Labute approximate surface area is 170 Å². The molecule has 0 unspecified atom stereocenters. The highest BCUT2D eigenvalue weighted by atomic mass is 16.5. The molecule has 29 heavy (non-hydrogen) atoms. The predicted octanol–water partition coefficient (Wildman–Crippen LogP) is 2.91. The lowest BCUT2D eigenvalue weighted by Gasteiger charge is -2.33. The van der Waals surface area contributed by atoms with E-state index in [2.05, 4.69) is 9.97 Å². The zero-order valence-electron chi connectivity index (χ0n) is 16.7. The van der Waals surface area contributed by atoms with Crippen molar-refractivity contribution < 1.29 is 14.3 Å². The first kappa shape index (κ1) is 19.4. The third kappa shape index (κ3) is 4.55. The van der Waals surface area contributed by atoms with Crippen molar-refractivity contribution in [3.63, 3.8) is 0 Å². The van der Waals surface area contributed by atoms with Crippen LogP contribution < -0.4 is 4.74 Å². The lowest BCUT2D eigenvalue weighted by molar-refractivity contribution is -0.139. The summed E-state index contributed by atoms with van der Waals surface area (Å²) in [7, 11) is 0. The lowest BCUT2D eigenvalue weighted by Crippen LogP contribution is -2.44. The SMILES string of the molecule is Cc1cccc(Oc2nccnc2C2CCN(C(=O)CN3CCCC3=O)CC2)c1. The molecule has 0 saturated carbocycles. The van der Waals surface area contributed by atoms with Crippen molar-refractivity contribution in [1.82, 2.24) is 19.8 Å². The fraction of sp³-hybridized carbons (Fsp3) is 0.455. The van der Waals surface area contributed by atoms with Crippen molar-refractivity contribution in [3.05, 3.63) is 47.9 Å². The molecule has 152 valence electrons. The fourth-order valence-corrected chi connectivity index (χ4v) is 4.02. The van der Waals surface area contributed by atoms with Gasteiger partial charge in [-0.2, -0.15) is 0 Å². The molecule has 2 fully saturated rings. The third-order valence-electron chi connectivity index (χ3n) is 5.63. The van der Waals surface area contributed by atoms with Crippen LogP contribution in [0.15, 0.2) is 36.7 Å². The lowest BCUT2D eigenvalue weighted by atomic mass is 9.93. The summed E-state index contributed by atoms with van der Waals surface area (Å²) in [5.74, 6) is 1.60. The molecule has 0 bridgehead atoms. The summed E-state index contributed by atoms with van der Waals surface area (Å²) in [6, 6.07) is 7.86. The summed E-state index contributed by atoms with van der Waals surface area (Å²) in [5.41, 5.74) is 1.96. The highest BCUT2D eigenvalue weighted by Gasteiger charge is 2.30. The standard InChI is InChI=1S/C22H26N4O3/c1-16-4-2-5-18(14-16)29-22-21(23-9-10-24-22)17-7-12-25(13-8-17)20(28)15-26-11-3-6-19(26)27/h2,4-5,9-10,14,17H,3,6-8,11-13,15H2,1H3. The second-order valence-electron chi connectivity index (χ2n) is 7.74. The van der Waals surface area contributed by atoms with Gasteiger partial charge in [0, 0.05) is 44.4 Å². The van der Waals surface area contributed by atoms with Gasteiger partial charge in [0.05, 0.1) is 6.54 Å². The number of hydrogen-bond donors (Lipinski definition) is 0. The Balaban J connectivity index is 1.38. The van der Waals surface area contributed by atoms with Gasteiger partial charge in [0.25, 0.3) is 0 Å². The number of likely N-dealkylation sites (tertiary alicyclic amines) is 2. The minimum Gasteiger partial charge on any atom is -0.437 e. The second kappa shape index (κ2) is 8.59. The Morgan fingerprint density at radius 2 is 1.97 bits per heavy atom. The first-order chi connectivity index (χ1) is 14.1. The number of ether oxygens (including phenoxy) is 1. The average molecular weight is 394 g/mol. The molecule has 7 heteroatoms. The monoisotopic (exact) mass is 394 g/mol. The normalized spacial score (nSPS) is 17.6. The highest BCUT2D eigenvalue weighted by Crippen LogP contribution is 2.33. The molecule has 0 spiro atoms. The maximum Gasteiger partial charge on any atom is 0.242 e. The van der Waals surface area contributed by atoms with Crippen LogP contribution in [0.4, 0.5) is 0 Å². The Bertz CT molecular complexity index is 893. The van der Waals surface area contributed by atoms with Crippen LogP contribution in [-0.2, 0) is 9.59 Å². The molecule has 4 rings (SSSR count).